The zero-order valence-electron chi connectivity index (χ0n) is 18.4. The van der Waals surface area contributed by atoms with Crippen molar-refractivity contribution in [3.8, 4) is 0 Å². The Bertz CT molecular complexity index is 717. The SMILES string of the molecule is C[C@@H]1CC[C@@H]2C(=CC[C@@H]3C(C)(C)CCC[C@@]23C)[C@]1(C)C[C@H](O)C1=CC(=O)OC1. The number of cyclic esters (lactones) is 1. The van der Waals surface area contributed by atoms with Gasteiger partial charge in [-0.25, -0.2) is 4.79 Å². The molecule has 2 saturated carbocycles. The Hall–Kier alpha value is -1.09. The second kappa shape index (κ2) is 6.72. The van der Waals surface area contributed by atoms with Crippen LogP contribution in [-0.4, -0.2) is 23.8 Å². The first-order valence-electron chi connectivity index (χ1n) is 11.3. The van der Waals surface area contributed by atoms with E-state index in [9.17, 15) is 9.90 Å². The van der Waals surface area contributed by atoms with Gasteiger partial charge in [-0.1, -0.05) is 52.7 Å². The molecule has 2 fully saturated rings. The highest BCUT2D eigenvalue weighted by Gasteiger charge is 2.57. The van der Waals surface area contributed by atoms with Gasteiger partial charge in [0.25, 0.3) is 0 Å². The van der Waals surface area contributed by atoms with Crippen molar-refractivity contribution in [3.63, 3.8) is 0 Å². The van der Waals surface area contributed by atoms with E-state index in [4.69, 9.17) is 4.74 Å². The number of aliphatic hydroxyl groups excluding tert-OH is 1. The molecule has 0 aromatic heterocycles. The minimum absolute atomic E-state index is 0.00954. The third kappa shape index (κ3) is 3.00. The molecular formula is C25H38O3. The van der Waals surface area contributed by atoms with Crippen LogP contribution < -0.4 is 0 Å². The Kier molecular flexibility index (Phi) is 4.85. The quantitative estimate of drug-likeness (QED) is 0.519. The Morgan fingerprint density at radius 1 is 1.21 bits per heavy atom. The average Bonchev–Trinajstić information content (AvgIpc) is 3.04. The summed E-state index contributed by atoms with van der Waals surface area (Å²) in [4.78, 5) is 11.5. The molecule has 0 aromatic carbocycles. The fourth-order valence-corrected chi connectivity index (χ4v) is 7.48. The van der Waals surface area contributed by atoms with E-state index in [0.717, 1.165) is 11.5 Å². The summed E-state index contributed by atoms with van der Waals surface area (Å²) in [7, 11) is 0. The molecule has 0 radical (unpaired) electrons. The van der Waals surface area contributed by atoms with E-state index in [1.54, 1.807) is 5.57 Å². The molecule has 1 heterocycles. The second-order valence-electron chi connectivity index (χ2n) is 11.3. The lowest BCUT2D eigenvalue weighted by atomic mass is 9.43. The molecule has 0 saturated heterocycles. The van der Waals surface area contributed by atoms with Crippen molar-refractivity contribution < 1.29 is 14.6 Å². The van der Waals surface area contributed by atoms with E-state index in [1.807, 2.05) is 0 Å². The summed E-state index contributed by atoms with van der Waals surface area (Å²) in [6.45, 7) is 12.5. The average molecular weight is 387 g/mol. The molecule has 0 amide bonds. The lowest BCUT2D eigenvalue weighted by Gasteiger charge is -2.61. The van der Waals surface area contributed by atoms with E-state index < -0.39 is 6.10 Å². The Morgan fingerprint density at radius 2 is 1.96 bits per heavy atom. The van der Waals surface area contributed by atoms with Gasteiger partial charge >= 0.3 is 5.97 Å². The van der Waals surface area contributed by atoms with E-state index >= 15 is 0 Å². The van der Waals surface area contributed by atoms with Gasteiger partial charge in [0.2, 0.25) is 0 Å². The smallest absolute Gasteiger partial charge is 0.331 e. The van der Waals surface area contributed by atoms with Crippen LogP contribution in [0.4, 0.5) is 0 Å². The highest BCUT2D eigenvalue weighted by molar-refractivity contribution is 5.85. The first-order chi connectivity index (χ1) is 13.1. The van der Waals surface area contributed by atoms with Gasteiger partial charge in [0.05, 0.1) is 6.10 Å². The van der Waals surface area contributed by atoms with E-state index in [2.05, 4.69) is 40.7 Å². The summed E-state index contributed by atoms with van der Waals surface area (Å²) in [6.07, 6.45) is 11.9. The Morgan fingerprint density at radius 3 is 2.64 bits per heavy atom. The molecule has 4 aliphatic rings. The maximum atomic E-state index is 11.5. The van der Waals surface area contributed by atoms with Crippen LogP contribution in [0.15, 0.2) is 23.3 Å². The molecule has 3 aliphatic carbocycles. The van der Waals surface area contributed by atoms with Crippen molar-refractivity contribution >= 4 is 5.97 Å². The zero-order chi connectivity index (χ0) is 20.3. The number of esters is 1. The maximum absolute atomic E-state index is 11.5. The minimum Gasteiger partial charge on any atom is -0.458 e. The standard InChI is InChI=1S/C25H38O3/c1-16-7-8-18-19(9-10-21-23(2,3)11-6-12-24(18,21)4)25(16,5)14-20(26)17-13-22(27)28-15-17/h9,13,16,18,20-21,26H,6-8,10-12,14-15H2,1-5H3/t16-,18-,20+,21-,24+,25-/m1/s1. The van der Waals surface area contributed by atoms with Gasteiger partial charge < -0.3 is 9.84 Å². The number of rotatable bonds is 3. The third-order valence-corrected chi connectivity index (χ3v) is 9.39. The number of allylic oxidation sites excluding steroid dienone is 2. The molecule has 0 aromatic rings. The summed E-state index contributed by atoms with van der Waals surface area (Å²) in [5.41, 5.74) is 3.14. The van der Waals surface area contributed by atoms with Crippen molar-refractivity contribution in [3.05, 3.63) is 23.3 Å². The van der Waals surface area contributed by atoms with Gasteiger partial charge in [0, 0.05) is 11.6 Å². The summed E-state index contributed by atoms with van der Waals surface area (Å²) < 4.78 is 5.05. The molecule has 3 heteroatoms. The number of aliphatic hydroxyl groups is 1. The Labute approximate surface area is 170 Å². The second-order valence-corrected chi connectivity index (χ2v) is 11.3. The van der Waals surface area contributed by atoms with Crippen molar-refractivity contribution in [2.24, 2.45) is 34.0 Å². The molecule has 4 rings (SSSR count). The first kappa shape index (κ1) is 20.2. The molecule has 0 spiro atoms. The summed E-state index contributed by atoms with van der Waals surface area (Å²) in [5.74, 6) is 1.62. The zero-order valence-corrected chi connectivity index (χ0v) is 18.4. The van der Waals surface area contributed by atoms with E-state index in [0.29, 0.717) is 29.1 Å². The van der Waals surface area contributed by atoms with Crippen LogP contribution in [0.5, 0.6) is 0 Å². The topological polar surface area (TPSA) is 46.5 Å². The number of fused-ring (bicyclic) bond motifs is 3. The van der Waals surface area contributed by atoms with Crippen LogP contribution in [-0.2, 0) is 9.53 Å². The normalized spacial score (nSPS) is 43.4. The van der Waals surface area contributed by atoms with Crippen LogP contribution >= 0.6 is 0 Å². The maximum Gasteiger partial charge on any atom is 0.331 e. The van der Waals surface area contributed by atoms with Crippen LogP contribution in [0.25, 0.3) is 0 Å². The van der Waals surface area contributed by atoms with Crippen molar-refractivity contribution in [2.75, 3.05) is 6.61 Å². The van der Waals surface area contributed by atoms with Crippen LogP contribution in [0.2, 0.25) is 0 Å². The molecule has 0 unspecified atom stereocenters. The highest BCUT2D eigenvalue weighted by atomic mass is 16.5. The number of hydrogen-bond donors (Lipinski definition) is 1. The van der Waals surface area contributed by atoms with E-state index in [-0.39, 0.29) is 18.0 Å². The molecule has 28 heavy (non-hydrogen) atoms. The lowest BCUT2D eigenvalue weighted by Crippen LogP contribution is -2.53. The van der Waals surface area contributed by atoms with Gasteiger partial charge in [-0.2, -0.15) is 0 Å². The van der Waals surface area contributed by atoms with Gasteiger partial charge in [-0.15, -0.1) is 0 Å². The molecule has 1 aliphatic heterocycles. The molecule has 156 valence electrons. The van der Waals surface area contributed by atoms with Crippen LogP contribution in [0.3, 0.4) is 0 Å². The summed E-state index contributed by atoms with van der Waals surface area (Å²) in [5, 5.41) is 10.9. The number of carbonyl (C=O) groups excluding carboxylic acids is 1. The molecular weight excluding hydrogens is 348 g/mol. The van der Waals surface area contributed by atoms with Gasteiger partial charge in [-0.05, 0) is 72.5 Å². The largest absolute Gasteiger partial charge is 0.458 e. The van der Waals surface area contributed by atoms with Crippen molar-refractivity contribution in [2.45, 2.75) is 85.7 Å². The van der Waals surface area contributed by atoms with Crippen molar-refractivity contribution in [1.82, 2.24) is 0 Å². The van der Waals surface area contributed by atoms with Gasteiger partial charge in [-0.3, -0.25) is 0 Å². The number of carbonyl (C=O) groups is 1. The van der Waals surface area contributed by atoms with Gasteiger partial charge in [0.1, 0.15) is 6.61 Å². The molecule has 1 N–H and O–H groups in total. The minimum atomic E-state index is -0.591. The predicted molar refractivity (Wildman–Crippen MR) is 112 cm³/mol. The fourth-order valence-electron chi connectivity index (χ4n) is 7.48. The highest BCUT2D eigenvalue weighted by Crippen LogP contribution is 2.66. The van der Waals surface area contributed by atoms with Gasteiger partial charge in [0.15, 0.2) is 0 Å². The predicted octanol–water partition coefficient (Wildman–Crippen LogP) is 5.44. The monoisotopic (exact) mass is 386 g/mol. The summed E-state index contributed by atoms with van der Waals surface area (Å²) >= 11 is 0. The third-order valence-electron chi connectivity index (χ3n) is 9.39. The van der Waals surface area contributed by atoms with Crippen LogP contribution in [0.1, 0.15) is 79.6 Å². The molecule has 0 bridgehead atoms. The number of ether oxygens (including phenoxy) is 1. The van der Waals surface area contributed by atoms with Crippen LogP contribution in [0, 0.1) is 34.0 Å². The fraction of sp³-hybridized carbons (Fsp3) is 0.800. The molecule has 6 atom stereocenters. The number of hydrogen-bond acceptors (Lipinski definition) is 3. The first-order valence-corrected chi connectivity index (χ1v) is 11.3. The van der Waals surface area contributed by atoms with E-state index in [1.165, 1.54) is 44.6 Å². The molecule has 3 nitrogen and oxygen atoms in total. The lowest BCUT2D eigenvalue weighted by molar-refractivity contribution is -0.135. The summed E-state index contributed by atoms with van der Waals surface area (Å²) in [6, 6.07) is 0. The Balaban J connectivity index is 1.66. The van der Waals surface area contributed by atoms with Crippen molar-refractivity contribution in [1.29, 1.82) is 0 Å².